The van der Waals surface area contributed by atoms with Crippen LogP contribution in [0.3, 0.4) is 0 Å². The van der Waals surface area contributed by atoms with Gasteiger partial charge in [-0.3, -0.25) is 19.1 Å². The zero-order chi connectivity index (χ0) is 22.8. The summed E-state index contributed by atoms with van der Waals surface area (Å²) in [6, 6.07) is 22.6. The molecule has 1 unspecified atom stereocenters. The number of hydrogen-bond acceptors (Lipinski definition) is 5. The Labute approximate surface area is 199 Å². The Hall–Kier alpha value is -3.58. The van der Waals surface area contributed by atoms with Crippen molar-refractivity contribution in [2.75, 3.05) is 11.4 Å². The van der Waals surface area contributed by atoms with Gasteiger partial charge in [-0.05, 0) is 36.2 Å². The molecule has 1 aliphatic heterocycles. The van der Waals surface area contributed by atoms with Crippen molar-refractivity contribution in [1.82, 2.24) is 14.5 Å². The SMILES string of the molecule is O=C(CN1c2nc(-c3ccncc3)cc(=O)n2CCC1c1ccccc1)c1cccc(Br)c1. The molecule has 0 aliphatic carbocycles. The van der Waals surface area contributed by atoms with Crippen molar-refractivity contribution in [2.24, 2.45) is 0 Å². The molecule has 0 radical (unpaired) electrons. The maximum absolute atomic E-state index is 13.3. The van der Waals surface area contributed by atoms with Crippen molar-refractivity contribution >= 4 is 27.7 Å². The van der Waals surface area contributed by atoms with E-state index in [1.54, 1.807) is 23.0 Å². The van der Waals surface area contributed by atoms with E-state index in [1.807, 2.05) is 59.5 Å². The van der Waals surface area contributed by atoms with Gasteiger partial charge in [0.2, 0.25) is 5.95 Å². The standard InChI is InChI=1S/C26H21BrN4O2/c27-21-8-4-7-20(15-21)24(32)17-31-23(19-5-2-1-3-6-19)11-14-30-25(33)16-22(29-26(30)31)18-9-12-28-13-10-18/h1-10,12-13,15-16,23H,11,14,17H2. The molecule has 5 rings (SSSR count). The molecular formula is C26H21BrN4O2. The smallest absolute Gasteiger partial charge is 0.255 e. The van der Waals surface area contributed by atoms with Crippen molar-refractivity contribution in [1.29, 1.82) is 0 Å². The van der Waals surface area contributed by atoms with Gasteiger partial charge in [0.25, 0.3) is 5.56 Å². The van der Waals surface area contributed by atoms with Crippen molar-refractivity contribution < 1.29 is 4.79 Å². The number of hydrogen-bond donors (Lipinski definition) is 0. The van der Waals surface area contributed by atoms with Crippen molar-refractivity contribution in [3.05, 3.63) is 111 Å². The first kappa shape index (κ1) is 21.3. The normalized spacial score (nSPS) is 15.2. The minimum Gasteiger partial charge on any atom is -0.327 e. The molecule has 0 spiro atoms. The zero-order valence-corrected chi connectivity index (χ0v) is 19.4. The number of Topliss-reactive ketones (excluding diaryl/α,β-unsaturated/α-hetero) is 1. The fourth-order valence-electron chi connectivity index (χ4n) is 4.25. The first-order valence-corrected chi connectivity index (χ1v) is 11.5. The first-order valence-electron chi connectivity index (χ1n) is 10.7. The molecule has 0 N–H and O–H groups in total. The molecule has 0 fully saturated rings. The van der Waals surface area contributed by atoms with Crippen LogP contribution in [0.5, 0.6) is 0 Å². The van der Waals surface area contributed by atoms with Crippen LogP contribution in [0.1, 0.15) is 28.4 Å². The predicted molar refractivity (Wildman–Crippen MR) is 131 cm³/mol. The molecule has 0 saturated heterocycles. The minimum absolute atomic E-state index is 0.0331. The largest absolute Gasteiger partial charge is 0.327 e. The van der Waals surface area contributed by atoms with Crippen LogP contribution < -0.4 is 10.5 Å². The first-order chi connectivity index (χ1) is 16.1. The topological polar surface area (TPSA) is 68.1 Å². The molecule has 2 aromatic carbocycles. The van der Waals surface area contributed by atoms with Gasteiger partial charge in [-0.25, -0.2) is 4.98 Å². The number of benzene rings is 2. The van der Waals surface area contributed by atoms with Crippen molar-refractivity contribution in [3.8, 4) is 11.3 Å². The number of ketones is 1. The van der Waals surface area contributed by atoms with Crippen LogP contribution in [0.4, 0.5) is 5.95 Å². The minimum atomic E-state index is -0.127. The number of carbonyl (C=O) groups excluding carboxylic acids is 1. The van der Waals surface area contributed by atoms with Gasteiger partial charge in [0.15, 0.2) is 5.78 Å². The summed E-state index contributed by atoms with van der Waals surface area (Å²) in [5, 5.41) is 0. The second kappa shape index (κ2) is 9.11. The Morgan fingerprint density at radius 3 is 2.55 bits per heavy atom. The van der Waals surface area contributed by atoms with Gasteiger partial charge in [-0.2, -0.15) is 0 Å². The Bertz CT molecular complexity index is 1360. The second-order valence-electron chi connectivity index (χ2n) is 7.94. The molecule has 2 aromatic heterocycles. The molecule has 0 bridgehead atoms. The molecule has 7 heteroatoms. The molecule has 1 aliphatic rings. The number of carbonyl (C=O) groups is 1. The third-order valence-corrected chi connectivity index (χ3v) is 6.36. The number of halogens is 1. The number of pyridine rings is 1. The molecule has 3 heterocycles. The number of fused-ring (bicyclic) bond motifs is 1. The van der Waals surface area contributed by atoms with Crippen molar-refractivity contribution in [3.63, 3.8) is 0 Å². The summed E-state index contributed by atoms with van der Waals surface area (Å²) in [6.45, 7) is 0.654. The quantitative estimate of drug-likeness (QED) is 0.364. The monoisotopic (exact) mass is 500 g/mol. The Kier molecular flexibility index (Phi) is 5.88. The summed E-state index contributed by atoms with van der Waals surface area (Å²) in [5.41, 5.74) is 2.96. The van der Waals surface area contributed by atoms with E-state index in [0.717, 1.165) is 15.6 Å². The highest BCUT2D eigenvalue weighted by Crippen LogP contribution is 2.34. The van der Waals surface area contributed by atoms with Crippen LogP contribution in [0.15, 0.2) is 94.5 Å². The molecule has 33 heavy (non-hydrogen) atoms. The van der Waals surface area contributed by atoms with Gasteiger partial charge in [-0.15, -0.1) is 0 Å². The van der Waals surface area contributed by atoms with Gasteiger partial charge in [0, 0.05) is 40.6 Å². The van der Waals surface area contributed by atoms with E-state index in [2.05, 4.69) is 33.0 Å². The maximum atomic E-state index is 13.3. The van der Waals surface area contributed by atoms with Crippen LogP contribution in [-0.2, 0) is 6.54 Å². The van der Waals surface area contributed by atoms with E-state index in [9.17, 15) is 9.59 Å². The summed E-state index contributed by atoms with van der Waals surface area (Å²) in [5.74, 6) is 0.479. The maximum Gasteiger partial charge on any atom is 0.255 e. The molecule has 6 nitrogen and oxygen atoms in total. The summed E-state index contributed by atoms with van der Waals surface area (Å²) in [6.07, 6.45) is 4.06. The lowest BCUT2D eigenvalue weighted by Crippen LogP contribution is -2.43. The molecule has 0 saturated carbocycles. The summed E-state index contributed by atoms with van der Waals surface area (Å²) >= 11 is 3.45. The lowest BCUT2D eigenvalue weighted by Gasteiger charge is -2.38. The van der Waals surface area contributed by atoms with Crippen LogP contribution in [-0.4, -0.2) is 26.9 Å². The second-order valence-corrected chi connectivity index (χ2v) is 8.86. The molecule has 0 amide bonds. The van der Waals surface area contributed by atoms with E-state index in [0.29, 0.717) is 30.2 Å². The van der Waals surface area contributed by atoms with E-state index in [1.165, 1.54) is 0 Å². The summed E-state index contributed by atoms with van der Waals surface area (Å²) in [4.78, 5) is 37.2. The van der Waals surface area contributed by atoms with Crippen LogP contribution in [0, 0.1) is 0 Å². The fraction of sp³-hybridized carbons (Fsp3) is 0.154. The molecule has 1 atom stereocenters. The molecule has 4 aromatic rings. The van der Waals surface area contributed by atoms with Gasteiger partial charge in [0.05, 0.1) is 18.3 Å². The zero-order valence-electron chi connectivity index (χ0n) is 17.8. The summed E-state index contributed by atoms with van der Waals surface area (Å²) < 4.78 is 2.51. The lowest BCUT2D eigenvalue weighted by molar-refractivity contribution is 0.0994. The van der Waals surface area contributed by atoms with Crippen LogP contribution in [0.25, 0.3) is 11.3 Å². The summed E-state index contributed by atoms with van der Waals surface area (Å²) in [7, 11) is 0. The highest BCUT2D eigenvalue weighted by atomic mass is 79.9. The Balaban J connectivity index is 1.61. The van der Waals surface area contributed by atoms with Gasteiger partial charge < -0.3 is 4.90 Å². The Morgan fingerprint density at radius 2 is 1.79 bits per heavy atom. The van der Waals surface area contributed by atoms with Crippen LogP contribution in [0.2, 0.25) is 0 Å². The number of aromatic nitrogens is 3. The number of nitrogens with zero attached hydrogens (tertiary/aromatic N) is 4. The van der Waals surface area contributed by atoms with E-state index in [-0.39, 0.29) is 23.9 Å². The van der Waals surface area contributed by atoms with Gasteiger partial charge in [0.1, 0.15) is 0 Å². The van der Waals surface area contributed by atoms with Gasteiger partial charge in [-0.1, -0.05) is 58.4 Å². The predicted octanol–water partition coefficient (Wildman–Crippen LogP) is 4.90. The fourth-order valence-corrected chi connectivity index (χ4v) is 4.65. The van der Waals surface area contributed by atoms with Crippen LogP contribution >= 0.6 is 15.9 Å². The van der Waals surface area contributed by atoms with Crippen molar-refractivity contribution in [2.45, 2.75) is 19.0 Å². The average molecular weight is 501 g/mol. The average Bonchev–Trinajstić information content (AvgIpc) is 2.85. The lowest BCUT2D eigenvalue weighted by atomic mass is 9.99. The number of rotatable bonds is 5. The molecule has 164 valence electrons. The highest BCUT2D eigenvalue weighted by molar-refractivity contribution is 9.10. The van der Waals surface area contributed by atoms with Gasteiger partial charge >= 0.3 is 0 Å². The van der Waals surface area contributed by atoms with E-state index < -0.39 is 0 Å². The number of anilines is 1. The van der Waals surface area contributed by atoms with E-state index in [4.69, 9.17) is 4.98 Å². The highest BCUT2D eigenvalue weighted by Gasteiger charge is 2.31. The Morgan fingerprint density at radius 1 is 1.00 bits per heavy atom. The third-order valence-electron chi connectivity index (χ3n) is 5.87. The third kappa shape index (κ3) is 4.36. The molecular weight excluding hydrogens is 480 g/mol. The van der Waals surface area contributed by atoms with E-state index >= 15 is 0 Å².